The van der Waals surface area contributed by atoms with Crippen LogP contribution in [0.3, 0.4) is 0 Å². The van der Waals surface area contributed by atoms with Gasteiger partial charge in [-0.05, 0) is 59.9 Å². The molecule has 0 saturated carbocycles. The SMILES string of the molecule is CCc1cc(O)ccc1-c1cc(N)c(C=N)c(N2CCc3c(N)cccc3C2)n1. The van der Waals surface area contributed by atoms with Crippen LogP contribution >= 0.6 is 0 Å². The maximum Gasteiger partial charge on any atom is 0.140 e. The number of nitrogens with one attached hydrogen (secondary N) is 1. The van der Waals surface area contributed by atoms with Crippen molar-refractivity contribution in [2.24, 2.45) is 0 Å². The highest BCUT2D eigenvalue weighted by Gasteiger charge is 2.23. The number of benzene rings is 2. The van der Waals surface area contributed by atoms with Gasteiger partial charge in [-0.15, -0.1) is 0 Å². The van der Waals surface area contributed by atoms with Crippen molar-refractivity contribution in [1.82, 2.24) is 4.98 Å². The number of fused-ring (bicyclic) bond motifs is 1. The number of nitrogens with zero attached hydrogens (tertiary/aromatic N) is 2. The molecule has 0 amide bonds. The third-order valence-electron chi connectivity index (χ3n) is 5.56. The molecule has 29 heavy (non-hydrogen) atoms. The average Bonchev–Trinajstić information content (AvgIpc) is 2.73. The van der Waals surface area contributed by atoms with Gasteiger partial charge in [-0.25, -0.2) is 4.98 Å². The fraction of sp³-hybridized carbons (Fsp3) is 0.217. The van der Waals surface area contributed by atoms with E-state index in [4.69, 9.17) is 21.9 Å². The second-order valence-electron chi connectivity index (χ2n) is 7.33. The third kappa shape index (κ3) is 3.38. The van der Waals surface area contributed by atoms with Crippen LogP contribution in [-0.2, 0) is 19.4 Å². The zero-order valence-electron chi connectivity index (χ0n) is 16.4. The number of aromatic nitrogens is 1. The highest BCUT2D eigenvalue weighted by molar-refractivity contribution is 5.93. The summed E-state index contributed by atoms with van der Waals surface area (Å²) in [6.07, 6.45) is 2.86. The van der Waals surface area contributed by atoms with Crippen molar-refractivity contribution >= 4 is 23.4 Å². The van der Waals surface area contributed by atoms with Gasteiger partial charge in [0.15, 0.2) is 0 Å². The molecule has 0 spiro atoms. The topological polar surface area (TPSA) is 112 Å². The number of aryl methyl sites for hydroxylation is 1. The molecule has 0 aliphatic carbocycles. The van der Waals surface area contributed by atoms with Crippen molar-refractivity contribution in [3.8, 4) is 17.0 Å². The predicted molar refractivity (Wildman–Crippen MR) is 119 cm³/mol. The second kappa shape index (κ2) is 7.47. The highest BCUT2D eigenvalue weighted by Crippen LogP contribution is 2.34. The van der Waals surface area contributed by atoms with Gasteiger partial charge in [0.1, 0.15) is 11.6 Å². The molecule has 1 aliphatic heterocycles. The smallest absolute Gasteiger partial charge is 0.140 e. The Kier molecular flexibility index (Phi) is 4.84. The first-order valence-corrected chi connectivity index (χ1v) is 9.76. The molecule has 0 bridgehead atoms. The Labute approximate surface area is 170 Å². The van der Waals surface area contributed by atoms with Crippen molar-refractivity contribution < 1.29 is 5.11 Å². The van der Waals surface area contributed by atoms with E-state index in [-0.39, 0.29) is 5.75 Å². The number of phenols is 1. The van der Waals surface area contributed by atoms with Gasteiger partial charge in [-0.1, -0.05) is 19.1 Å². The van der Waals surface area contributed by atoms with Crippen molar-refractivity contribution in [2.75, 3.05) is 22.9 Å². The standard InChI is InChI=1S/C23H25N5O/c1-2-14-10-16(29)6-7-18(14)22-11-21(26)19(12-24)23(27-22)28-9-8-17-15(13-28)4-3-5-20(17)25/h3-7,10-12,24,29H,2,8-9,13,25H2,1H3,(H2,26,27). The molecule has 1 aromatic heterocycles. The summed E-state index contributed by atoms with van der Waals surface area (Å²) in [5, 5.41) is 17.7. The number of hydrogen-bond acceptors (Lipinski definition) is 6. The maximum absolute atomic E-state index is 9.83. The van der Waals surface area contributed by atoms with E-state index in [1.807, 2.05) is 31.2 Å². The fourth-order valence-corrected chi connectivity index (χ4v) is 4.03. The summed E-state index contributed by atoms with van der Waals surface area (Å²) in [7, 11) is 0. The van der Waals surface area contributed by atoms with E-state index < -0.39 is 0 Å². The number of aromatic hydroxyl groups is 1. The van der Waals surface area contributed by atoms with Crippen LogP contribution in [0, 0.1) is 5.41 Å². The molecule has 0 radical (unpaired) electrons. The lowest BCUT2D eigenvalue weighted by Crippen LogP contribution is -2.32. The van der Waals surface area contributed by atoms with Crippen LogP contribution < -0.4 is 16.4 Å². The summed E-state index contributed by atoms with van der Waals surface area (Å²) in [6.45, 7) is 3.47. The van der Waals surface area contributed by atoms with E-state index in [0.29, 0.717) is 23.6 Å². The maximum atomic E-state index is 9.83. The molecule has 0 saturated heterocycles. The lowest BCUT2D eigenvalue weighted by molar-refractivity contribution is 0.474. The molecule has 148 valence electrons. The van der Waals surface area contributed by atoms with Crippen LogP contribution in [0.15, 0.2) is 42.5 Å². The number of nitrogen functional groups attached to an aromatic ring is 2. The summed E-state index contributed by atoms with van der Waals surface area (Å²) in [4.78, 5) is 7.07. The van der Waals surface area contributed by atoms with Crippen LogP contribution in [0.4, 0.5) is 17.2 Å². The van der Waals surface area contributed by atoms with Crippen molar-refractivity contribution in [1.29, 1.82) is 5.41 Å². The second-order valence-corrected chi connectivity index (χ2v) is 7.33. The monoisotopic (exact) mass is 387 g/mol. The summed E-state index contributed by atoms with van der Waals surface area (Å²) < 4.78 is 0. The fourth-order valence-electron chi connectivity index (χ4n) is 4.03. The molecular weight excluding hydrogens is 362 g/mol. The van der Waals surface area contributed by atoms with Gasteiger partial charge in [0.25, 0.3) is 0 Å². The Morgan fingerprint density at radius 3 is 2.76 bits per heavy atom. The lowest BCUT2D eigenvalue weighted by Gasteiger charge is -2.32. The molecule has 3 aromatic rings. The Morgan fingerprint density at radius 1 is 1.17 bits per heavy atom. The van der Waals surface area contributed by atoms with Gasteiger partial charge in [-0.3, -0.25) is 0 Å². The molecule has 2 heterocycles. The zero-order valence-corrected chi connectivity index (χ0v) is 16.4. The van der Waals surface area contributed by atoms with E-state index >= 15 is 0 Å². The summed E-state index contributed by atoms with van der Waals surface area (Å²) in [6, 6.07) is 13.1. The first-order chi connectivity index (χ1) is 14.0. The summed E-state index contributed by atoms with van der Waals surface area (Å²) in [5.74, 6) is 0.943. The molecule has 6 heteroatoms. The van der Waals surface area contributed by atoms with Crippen molar-refractivity contribution in [2.45, 2.75) is 26.3 Å². The molecule has 0 fully saturated rings. The number of phenolic OH excluding ortho intramolecular Hbond substituents is 1. The highest BCUT2D eigenvalue weighted by atomic mass is 16.3. The first kappa shape index (κ1) is 18.8. The molecule has 0 atom stereocenters. The van der Waals surface area contributed by atoms with Crippen LogP contribution in [0.2, 0.25) is 0 Å². The number of pyridine rings is 1. The van der Waals surface area contributed by atoms with E-state index in [0.717, 1.165) is 41.9 Å². The van der Waals surface area contributed by atoms with Crippen LogP contribution in [-0.4, -0.2) is 22.8 Å². The van der Waals surface area contributed by atoms with E-state index in [9.17, 15) is 5.11 Å². The van der Waals surface area contributed by atoms with Crippen molar-refractivity contribution in [3.63, 3.8) is 0 Å². The van der Waals surface area contributed by atoms with E-state index in [1.165, 1.54) is 17.3 Å². The summed E-state index contributed by atoms with van der Waals surface area (Å²) >= 11 is 0. The summed E-state index contributed by atoms with van der Waals surface area (Å²) in [5.41, 5.74) is 19.5. The van der Waals surface area contributed by atoms with Gasteiger partial charge in [-0.2, -0.15) is 0 Å². The van der Waals surface area contributed by atoms with Crippen LogP contribution in [0.1, 0.15) is 29.2 Å². The number of nitrogens with two attached hydrogens (primary N) is 2. The van der Waals surface area contributed by atoms with Crippen LogP contribution in [0.25, 0.3) is 11.3 Å². The number of rotatable bonds is 4. The molecule has 6 nitrogen and oxygen atoms in total. The molecule has 6 N–H and O–H groups in total. The van der Waals surface area contributed by atoms with E-state index in [2.05, 4.69) is 11.0 Å². The van der Waals surface area contributed by atoms with Gasteiger partial charge in [0.05, 0.1) is 11.3 Å². The molecule has 2 aromatic carbocycles. The van der Waals surface area contributed by atoms with Crippen molar-refractivity contribution in [3.05, 3.63) is 64.7 Å². The zero-order chi connectivity index (χ0) is 20.5. The minimum atomic E-state index is 0.236. The average molecular weight is 387 g/mol. The Balaban J connectivity index is 1.81. The van der Waals surface area contributed by atoms with Gasteiger partial charge in [0.2, 0.25) is 0 Å². The normalized spacial score (nSPS) is 13.2. The van der Waals surface area contributed by atoms with Gasteiger partial charge in [0, 0.05) is 36.2 Å². The quantitative estimate of drug-likeness (QED) is 0.402. The third-order valence-corrected chi connectivity index (χ3v) is 5.56. The predicted octanol–water partition coefficient (Wildman–Crippen LogP) is 3.74. The van der Waals surface area contributed by atoms with E-state index in [1.54, 1.807) is 12.1 Å². The largest absolute Gasteiger partial charge is 0.508 e. The van der Waals surface area contributed by atoms with Gasteiger partial charge < -0.3 is 26.9 Å². The minimum Gasteiger partial charge on any atom is -0.508 e. The Hall–Kier alpha value is -3.54. The van der Waals surface area contributed by atoms with Gasteiger partial charge >= 0.3 is 0 Å². The Bertz CT molecular complexity index is 1090. The first-order valence-electron chi connectivity index (χ1n) is 9.76. The Morgan fingerprint density at radius 2 is 2.00 bits per heavy atom. The molecular formula is C23H25N5O. The number of hydrogen-bond donors (Lipinski definition) is 4. The number of anilines is 3. The lowest BCUT2D eigenvalue weighted by atomic mass is 9.97. The minimum absolute atomic E-state index is 0.236. The molecule has 1 aliphatic rings. The van der Waals surface area contributed by atoms with Crippen LogP contribution in [0.5, 0.6) is 5.75 Å². The molecule has 4 rings (SSSR count). The molecule has 0 unspecified atom stereocenters.